The van der Waals surface area contributed by atoms with E-state index in [2.05, 4.69) is 4.98 Å². The highest BCUT2D eigenvalue weighted by Gasteiger charge is 2.15. The van der Waals surface area contributed by atoms with Crippen molar-refractivity contribution in [3.63, 3.8) is 0 Å². The Morgan fingerprint density at radius 2 is 1.85 bits per heavy atom. The SMILES string of the molecule is COc1cccc(OC)c1Oc1ncc(CN)cc1Cl. The molecule has 2 rings (SSSR count). The van der Waals surface area contributed by atoms with E-state index >= 15 is 0 Å². The van der Waals surface area contributed by atoms with Gasteiger partial charge in [-0.05, 0) is 23.8 Å². The number of nitrogens with zero attached hydrogens (tertiary/aromatic N) is 1. The van der Waals surface area contributed by atoms with Crippen LogP contribution in [0, 0.1) is 0 Å². The zero-order chi connectivity index (χ0) is 14.5. The number of rotatable bonds is 5. The van der Waals surface area contributed by atoms with Crippen LogP contribution in [0.15, 0.2) is 30.5 Å². The maximum atomic E-state index is 6.12. The molecule has 0 aliphatic heterocycles. The zero-order valence-corrected chi connectivity index (χ0v) is 12.0. The monoisotopic (exact) mass is 294 g/mol. The highest BCUT2D eigenvalue weighted by Crippen LogP contribution is 2.40. The Bertz CT molecular complexity index is 583. The van der Waals surface area contributed by atoms with E-state index in [1.54, 1.807) is 44.7 Å². The number of hydrogen-bond donors (Lipinski definition) is 1. The number of halogens is 1. The first-order chi connectivity index (χ1) is 9.69. The van der Waals surface area contributed by atoms with Gasteiger partial charge in [-0.15, -0.1) is 0 Å². The fourth-order valence-electron chi connectivity index (χ4n) is 1.67. The Morgan fingerprint density at radius 1 is 1.20 bits per heavy atom. The van der Waals surface area contributed by atoms with Crippen molar-refractivity contribution >= 4 is 11.6 Å². The molecule has 1 heterocycles. The van der Waals surface area contributed by atoms with Crippen molar-refractivity contribution in [2.75, 3.05) is 14.2 Å². The van der Waals surface area contributed by atoms with Gasteiger partial charge in [0.05, 0.1) is 14.2 Å². The molecular weight excluding hydrogens is 280 g/mol. The van der Waals surface area contributed by atoms with Crippen molar-refractivity contribution in [1.82, 2.24) is 4.98 Å². The molecule has 0 spiro atoms. The minimum absolute atomic E-state index is 0.270. The van der Waals surface area contributed by atoms with Crippen LogP contribution in [-0.2, 0) is 6.54 Å². The molecule has 1 aromatic carbocycles. The van der Waals surface area contributed by atoms with Crippen LogP contribution in [0.3, 0.4) is 0 Å². The van der Waals surface area contributed by atoms with E-state index in [1.807, 2.05) is 0 Å². The molecule has 6 heteroatoms. The lowest BCUT2D eigenvalue weighted by atomic mass is 10.3. The van der Waals surface area contributed by atoms with E-state index in [0.29, 0.717) is 28.8 Å². The Balaban J connectivity index is 2.39. The number of benzene rings is 1. The van der Waals surface area contributed by atoms with Gasteiger partial charge in [0.1, 0.15) is 5.02 Å². The quantitative estimate of drug-likeness (QED) is 0.918. The van der Waals surface area contributed by atoms with Gasteiger partial charge in [0.2, 0.25) is 11.6 Å². The third kappa shape index (κ3) is 2.95. The number of pyridine rings is 1. The van der Waals surface area contributed by atoms with Crippen molar-refractivity contribution in [1.29, 1.82) is 0 Å². The van der Waals surface area contributed by atoms with E-state index in [4.69, 9.17) is 31.5 Å². The number of ether oxygens (including phenoxy) is 3. The molecule has 0 unspecified atom stereocenters. The van der Waals surface area contributed by atoms with Crippen LogP contribution in [-0.4, -0.2) is 19.2 Å². The summed E-state index contributed by atoms with van der Waals surface area (Å²) in [5.74, 6) is 1.76. The molecule has 0 saturated heterocycles. The third-order valence-electron chi connectivity index (χ3n) is 2.68. The Hall–Kier alpha value is -1.98. The average molecular weight is 295 g/mol. The first kappa shape index (κ1) is 14.4. The molecule has 2 N–H and O–H groups in total. The normalized spacial score (nSPS) is 10.2. The van der Waals surface area contributed by atoms with Crippen LogP contribution in [0.1, 0.15) is 5.56 Å². The van der Waals surface area contributed by atoms with Crippen molar-refractivity contribution in [2.24, 2.45) is 5.73 Å². The second-order valence-corrected chi connectivity index (χ2v) is 4.34. The van der Waals surface area contributed by atoms with Gasteiger partial charge in [-0.2, -0.15) is 0 Å². The van der Waals surface area contributed by atoms with Crippen LogP contribution < -0.4 is 19.9 Å². The molecule has 0 aliphatic rings. The molecule has 106 valence electrons. The van der Waals surface area contributed by atoms with Gasteiger partial charge in [0.15, 0.2) is 11.5 Å². The second kappa shape index (κ2) is 6.45. The van der Waals surface area contributed by atoms with Crippen LogP contribution in [0.4, 0.5) is 0 Å². The maximum absolute atomic E-state index is 6.12. The molecule has 0 amide bonds. The van der Waals surface area contributed by atoms with Crippen LogP contribution in [0.2, 0.25) is 5.02 Å². The lowest BCUT2D eigenvalue weighted by molar-refractivity contribution is 0.342. The molecular formula is C14H15ClN2O3. The van der Waals surface area contributed by atoms with E-state index in [9.17, 15) is 0 Å². The van der Waals surface area contributed by atoms with Crippen LogP contribution >= 0.6 is 11.6 Å². The summed E-state index contributed by atoms with van der Waals surface area (Å²) in [7, 11) is 3.10. The summed E-state index contributed by atoms with van der Waals surface area (Å²) in [5.41, 5.74) is 6.36. The smallest absolute Gasteiger partial charge is 0.238 e. The topological polar surface area (TPSA) is 66.6 Å². The molecule has 0 radical (unpaired) electrons. The highest BCUT2D eigenvalue weighted by molar-refractivity contribution is 6.31. The lowest BCUT2D eigenvalue weighted by Crippen LogP contribution is -1.99. The van der Waals surface area contributed by atoms with E-state index < -0.39 is 0 Å². The van der Waals surface area contributed by atoms with Gasteiger partial charge in [0.25, 0.3) is 0 Å². The number of nitrogens with two attached hydrogens (primary N) is 1. The summed E-state index contributed by atoms with van der Waals surface area (Å²) in [6, 6.07) is 7.04. The van der Waals surface area contributed by atoms with Crippen molar-refractivity contribution in [3.8, 4) is 23.1 Å². The summed E-state index contributed by atoms with van der Waals surface area (Å²) in [6.45, 7) is 0.366. The standard InChI is InChI=1S/C14H15ClN2O3/c1-18-11-4-3-5-12(19-2)13(11)20-14-10(15)6-9(7-16)8-17-14/h3-6,8H,7,16H2,1-2H3. The fraction of sp³-hybridized carbons (Fsp3) is 0.214. The summed E-state index contributed by atoms with van der Waals surface area (Å²) in [5, 5.41) is 0.376. The fourth-order valence-corrected chi connectivity index (χ4v) is 1.89. The van der Waals surface area contributed by atoms with Gasteiger partial charge in [-0.3, -0.25) is 0 Å². The highest BCUT2D eigenvalue weighted by atomic mass is 35.5. The largest absolute Gasteiger partial charge is 0.493 e. The minimum atomic E-state index is 0.270. The molecule has 5 nitrogen and oxygen atoms in total. The van der Waals surface area contributed by atoms with E-state index in [0.717, 1.165) is 5.56 Å². The summed E-state index contributed by atoms with van der Waals surface area (Å²) in [4.78, 5) is 4.15. The predicted octanol–water partition coefficient (Wildman–Crippen LogP) is 3.00. The van der Waals surface area contributed by atoms with Crippen LogP contribution in [0.25, 0.3) is 0 Å². The van der Waals surface area contributed by atoms with Gasteiger partial charge < -0.3 is 19.9 Å². The Labute approximate surface area is 122 Å². The first-order valence-corrected chi connectivity index (χ1v) is 6.30. The number of aromatic nitrogens is 1. The van der Waals surface area contributed by atoms with Crippen LogP contribution in [0.5, 0.6) is 23.1 Å². The Morgan fingerprint density at radius 3 is 2.35 bits per heavy atom. The van der Waals surface area contributed by atoms with Gasteiger partial charge in [-0.1, -0.05) is 17.7 Å². The van der Waals surface area contributed by atoms with Crippen molar-refractivity contribution in [2.45, 2.75) is 6.54 Å². The first-order valence-electron chi connectivity index (χ1n) is 5.93. The van der Waals surface area contributed by atoms with Crippen molar-refractivity contribution < 1.29 is 14.2 Å². The zero-order valence-electron chi connectivity index (χ0n) is 11.2. The molecule has 0 saturated carbocycles. The van der Waals surface area contributed by atoms with Gasteiger partial charge in [-0.25, -0.2) is 4.98 Å². The maximum Gasteiger partial charge on any atom is 0.238 e. The van der Waals surface area contributed by atoms with Gasteiger partial charge >= 0.3 is 0 Å². The summed E-state index contributed by atoms with van der Waals surface area (Å²) < 4.78 is 16.2. The molecule has 1 aromatic heterocycles. The molecule has 0 fully saturated rings. The average Bonchev–Trinajstić information content (AvgIpc) is 2.49. The number of hydrogen-bond acceptors (Lipinski definition) is 5. The minimum Gasteiger partial charge on any atom is -0.493 e. The lowest BCUT2D eigenvalue weighted by Gasteiger charge is -2.14. The Kier molecular flexibility index (Phi) is 4.65. The summed E-state index contributed by atoms with van der Waals surface area (Å²) in [6.07, 6.45) is 1.61. The number of methoxy groups -OCH3 is 2. The van der Waals surface area contributed by atoms with Crippen molar-refractivity contribution in [3.05, 3.63) is 41.0 Å². The molecule has 2 aromatic rings. The molecule has 0 aliphatic carbocycles. The van der Waals surface area contributed by atoms with Gasteiger partial charge in [0, 0.05) is 12.7 Å². The molecule has 0 atom stereocenters. The predicted molar refractivity (Wildman–Crippen MR) is 76.8 cm³/mol. The van der Waals surface area contributed by atoms with E-state index in [-0.39, 0.29) is 5.88 Å². The molecule has 0 bridgehead atoms. The second-order valence-electron chi connectivity index (χ2n) is 3.93. The van der Waals surface area contributed by atoms with E-state index in [1.165, 1.54) is 0 Å². The molecule has 20 heavy (non-hydrogen) atoms. The number of para-hydroxylation sites is 1. The third-order valence-corrected chi connectivity index (χ3v) is 2.95. The summed E-state index contributed by atoms with van der Waals surface area (Å²) >= 11 is 6.12.